The van der Waals surface area contributed by atoms with Crippen LogP contribution in [0.3, 0.4) is 0 Å². The van der Waals surface area contributed by atoms with Gasteiger partial charge in [-0.25, -0.2) is 4.39 Å². The van der Waals surface area contributed by atoms with Crippen molar-refractivity contribution in [1.29, 1.82) is 0 Å². The van der Waals surface area contributed by atoms with Crippen LogP contribution >= 0.6 is 0 Å². The summed E-state index contributed by atoms with van der Waals surface area (Å²) >= 11 is 0. The standard InChI is InChI=1S/C13H21FN2O/c1-10(2)16(6-7-17)13-5-4-12(14)8-11(13)9-15-3/h4-5,8,10,15,17H,6-7,9H2,1-3H3. The smallest absolute Gasteiger partial charge is 0.123 e. The van der Waals surface area contributed by atoms with Crippen LogP contribution in [-0.4, -0.2) is 31.3 Å². The molecule has 0 radical (unpaired) electrons. The number of rotatable bonds is 6. The molecule has 96 valence electrons. The molecule has 0 saturated carbocycles. The largest absolute Gasteiger partial charge is 0.395 e. The predicted molar refractivity (Wildman–Crippen MR) is 68.7 cm³/mol. The molecule has 2 N–H and O–H groups in total. The van der Waals surface area contributed by atoms with Gasteiger partial charge in [0, 0.05) is 24.8 Å². The van der Waals surface area contributed by atoms with Gasteiger partial charge in [0.2, 0.25) is 0 Å². The minimum atomic E-state index is -0.230. The maximum absolute atomic E-state index is 13.2. The Bertz CT molecular complexity index is 355. The minimum Gasteiger partial charge on any atom is -0.395 e. The lowest BCUT2D eigenvalue weighted by Gasteiger charge is -2.30. The monoisotopic (exact) mass is 240 g/mol. The van der Waals surface area contributed by atoms with Crippen molar-refractivity contribution in [1.82, 2.24) is 5.32 Å². The first-order valence-electron chi connectivity index (χ1n) is 5.90. The third kappa shape index (κ3) is 3.68. The molecular weight excluding hydrogens is 219 g/mol. The lowest BCUT2D eigenvalue weighted by Crippen LogP contribution is -2.34. The number of hydrogen-bond donors (Lipinski definition) is 2. The van der Waals surface area contributed by atoms with Crippen LogP contribution in [0, 0.1) is 5.82 Å². The van der Waals surface area contributed by atoms with E-state index in [2.05, 4.69) is 24.1 Å². The third-order valence-electron chi connectivity index (χ3n) is 2.68. The zero-order valence-electron chi connectivity index (χ0n) is 10.7. The molecule has 0 aromatic heterocycles. The molecule has 4 heteroatoms. The van der Waals surface area contributed by atoms with Crippen molar-refractivity contribution < 1.29 is 9.50 Å². The number of anilines is 1. The van der Waals surface area contributed by atoms with Gasteiger partial charge in [-0.3, -0.25) is 0 Å². The van der Waals surface area contributed by atoms with Crippen molar-refractivity contribution in [3.8, 4) is 0 Å². The lowest BCUT2D eigenvalue weighted by atomic mass is 10.1. The molecule has 0 spiro atoms. The third-order valence-corrected chi connectivity index (χ3v) is 2.68. The first-order chi connectivity index (χ1) is 8.10. The normalized spacial score (nSPS) is 10.9. The van der Waals surface area contributed by atoms with Crippen molar-refractivity contribution in [2.24, 2.45) is 0 Å². The van der Waals surface area contributed by atoms with Gasteiger partial charge < -0.3 is 15.3 Å². The van der Waals surface area contributed by atoms with Crippen LogP contribution in [0.25, 0.3) is 0 Å². The Morgan fingerprint density at radius 2 is 2.12 bits per heavy atom. The molecule has 0 fully saturated rings. The van der Waals surface area contributed by atoms with Gasteiger partial charge in [0.1, 0.15) is 5.82 Å². The molecule has 0 saturated heterocycles. The average Bonchev–Trinajstić information content (AvgIpc) is 2.27. The van der Waals surface area contributed by atoms with Crippen LogP contribution in [0.15, 0.2) is 18.2 Å². The predicted octanol–water partition coefficient (Wildman–Crippen LogP) is 1.75. The van der Waals surface area contributed by atoms with Crippen LogP contribution in [0.2, 0.25) is 0 Å². The SMILES string of the molecule is CNCc1cc(F)ccc1N(CCO)C(C)C. The van der Waals surface area contributed by atoms with E-state index >= 15 is 0 Å². The summed E-state index contributed by atoms with van der Waals surface area (Å²) in [7, 11) is 1.83. The summed E-state index contributed by atoms with van der Waals surface area (Å²) in [6.45, 7) is 5.38. The number of aliphatic hydroxyl groups excluding tert-OH is 1. The van der Waals surface area contributed by atoms with Crippen molar-refractivity contribution >= 4 is 5.69 Å². The van der Waals surface area contributed by atoms with Crippen molar-refractivity contribution in [2.45, 2.75) is 26.4 Å². The molecule has 0 unspecified atom stereocenters. The van der Waals surface area contributed by atoms with E-state index in [9.17, 15) is 4.39 Å². The summed E-state index contributed by atoms with van der Waals surface area (Å²) in [6, 6.07) is 5.04. The molecule has 0 bridgehead atoms. The molecule has 0 amide bonds. The summed E-state index contributed by atoms with van der Waals surface area (Å²) < 4.78 is 13.2. The Morgan fingerprint density at radius 1 is 1.41 bits per heavy atom. The molecule has 1 rings (SSSR count). The molecule has 0 atom stereocenters. The van der Waals surface area contributed by atoms with E-state index in [1.165, 1.54) is 6.07 Å². The zero-order valence-corrected chi connectivity index (χ0v) is 10.7. The van der Waals surface area contributed by atoms with Crippen LogP contribution in [0.5, 0.6) is 0 Å². The van der Waals surface area contributed by atoms with E-state index in [1.807, 2.05) is 7.05 Å². The summed E-state index contributed by atoms with van der Waals surface area (Å²) in [4.78, 5) is 2.08. The average molecular weight is 240 g/mol. The number of aliphatic hydroxyl groups is 1. The molecular formula is C13H21FN2O. The molecule has 0 aliphatic carbocycles. The van der Waals surface area contributed by atoms with E-state index in [1.54, 1.807) is 12.1 Å². The maximum Gasteiger partial charge on any atom is 0.123 e. The van der Waals surface area contributed by atoms with E-state index < -0.39 is 0 Å². The van der Waals surface area contributed by atoms with Gasteiger partial charge in [-0.1, -0.05) is 0 Å². The summed E-state index contributed by atoms with van der Waals surface area (Å²) in [5.41, 5.74) is 1.89. The van der Waals surface area contributed by atoms with Gasteiger partial charge in [0.25, 0.3) is 0 Å². The van der Waals surface area contributed by atoms with Gasteiger partial charge >= 0.3 is 0 Å². The molecule has 0 heterocycles. The highest BCUT2D eigenvalue weighted by molar-refractivity contribution is 5.54. The number of nitrogens with one attached hydrogen (secondary N) is 1. The molecule has 3 nitrogen and oxygen atoms in total. The first-order valence-corrected chi connectivity index (χ1v) is 5.90. The summed E-state index contributed by atoms with van der Waals surface area (Å²) in [5, 5.41) is 12.1. The highest BCUT2D eigenvalue weighted by atomic mass is 19.1. The second kappa shape index (κ2) is 6.57. The van der Waals surface area contributed by atoms with E-state index in [-0.39, 0.29) is 18.5 Å². The van der Waals surface area contributed by atoms with Crippen LogP contribution in [0.4, 0.5) is 10.1 Å². The lowest BCUT2D eigenvalue weighted by molar-refractivity contribution is 0.299. The van der Waals surface area contributed by atoms with Crippen molar-refractivity contribution in [3.05, 3.63) is 29.6 Å². The van der Waals surface area contributed by atoms with Crippen LogP contribution in [-0.2, 0) is 6.54 Å². The maximum atomic E-state index is 13.2. The zero-order chi connectivity index (χ0) is 12.8. The van der Waals surface area contributed by atoms with Gasteiger partial charge in [-0.15, -0.1) is 0 Å². The van der Waals surface area contributed by atoms with Gasteiger partial charge in [0.05, 0.1) is 6.61 Å². The Hall–Kier alpha value is -1.13. The van der Waals surface area contributed by atoms with Crippen LogP contribution < -0.4 is 10.2 Å². The van der Waals surface area contributed by atoms with Crippen molar-refractivity contribution in [2.75, 3.05) is 25.1 Å². The fourth-order valence-corrected chi connectivity index (χ4v) is 1.93. The Labute approximate surface area is 102 Å². The second-order valence-electron chi connectivity index (χ2n) is 4.31. The molecule has 17 heavy (non-hydrogen) atoms. The number of hydrogen-bond acceptors (Lipinski definition) is 3. The number of benzene rings is 1. The summed E-state index contributed by atoms with van der Waals surface area (Å²) in [5.74, 6) is -0.230. The summed E-state index contributed by atoms with van der Waals surface area (Å²) in [6.07, 6.45) is 0. The number of nitrogens with zero attached hydrogens (tertiary/aromatic N) is 1. The quantitative estimate of drug-likeness (QED) is 0.795. The molecule has 1 aromatic rings. The fourth-order valence-electron chi connectivity index (χ4n) is 1.93. The Balaban J connectivity index is 3.07. The minimum absolute atomic E-state index is 0.0918. The highest BCUT2D eigenvalue weighted by Crippen LogP contribution is 2.23. The van der Waals surface area contributed by atoms with Gasteiger partial charge in [0.15, 0.2) is 0 Å². The second-order valence-corrected chi connectivity index (χ2v) is 4.31. The highest BCUT2D eigenvalue weighted by Gasteiger charge is 2.14. The van der Waals surface area contributed by atoms with Crippen molar-refractivity contribution in [3.63, 3.8) is 0 Å². The van der Waals surface area contributed by atoms with Crippen LogP contribution in [0.1, 0.15) is 19.4 Å². The molecule has 0 aliphatic heterocycles. The Morgan fingerprint density at radius 3 is 2.65 bits per heavy atom. The van der Waals surface area contributed by atoms with Gasteiger partial charge in [-0.05, 0) is 44.7 Å². The molecule has 1 aromatic carbocycles. The first kappa shape index (κ1) is 13.9. The van der Waals surface area contributed by atoms with E-state index in [4.69, 9.17) is 5.11 Å². The van der Waals surface area contributed by atoms with E-state index in [0.717, 1.165) is 11.3 Å². The molecule has 0 aliphatic rings. The fraction of sp³-hybridized carbons (Fsp3) is 0.538. The van der Waals surface area contributed by atoms with E-state index in [0.29, 0.717) is 13.1 Å². The van der Waals surface area contributed by atoms with Gasteiger partial charge in [-0.2, -0.15) is 0 Å². The topological polar surface area (TPSA) is 35.5 Å². The number of halogens is 1. The Kier molecular flexibility index (Phi) is 5.38.